The Kier molecular flexibility index (Phi) is 5.23. The number of rotatable bonds is 3. The Morgan fingerprint density at radius 3 is 2.67 bits per heavy atom. The van der Waals surface area contributed by atoms with Crippen molar-refractivity contribution in [1.82, 2.24) is 0 Å². The van der Waals surface area contributed by atoms with Crippen molar-refractivity contribution in [1.29, 1.82) is 0 Å². The van der Waals surface area contributed by atoms with Crippen molar-refractivity contribution in [3.8, 4) is 0 Å². The van der Waals surface area contributed by atoms with Crippen molar-refractivity contribution < 1.29 is 0 Å². The Hall–Kier alpha value is -0.560. The third-order valence-corrected chi connectivity index (χ3v) is 1.11. The molecular formula is C8H15N. The zero-order chi connectivity index (χ0) is 7.11. The fourth-order valence-corrected chi connectivity index (χ4v) is 0.571. The first-order valence-electron chi connectivity index (χ1n) is 3.29. The Labute approximate surface area is 57.3 Å². The maximum atomic E-state index is 5.34. The Balaban J connectivity index is 3.55. The highest BCUT2D eigenvalue weighted by molar-refractivity contribution is 5.09. The molecule has 0 aliphatic rings. The first-order chi connectivity index (χ1) is 4.31. The van der Waals surface area contributed by atoms with Crippen LogP contribution in [0, 0.1) is 0 Å². The Morgan fingerprint density at radius 2 is 2.22 bits per heavy atom. The smallest absolute Gasteiger partial charge is 0.00399 e. The average molecular weight is 125 g/mol. The molecule has 0 aromatic rings. The zero-order valence-corrected chi connectivity index (χ0v) is 6.22. The summed E-state index contributed by atoms with van der Waals surface area (Å²) in [7, 11) is 0. The van der Waals surface area contributed by atoms with Crippen LogP contribution in [0.3, 0.4) is 0 Å². The van der Waals surface area contributed by atoms with E-state index in [1.165, 1.54) is 5.57 Å². The molecule has 0 heterocycles. The molecule has 0 unspecified atom stereocenters. The summed E-state index contributed by atoms with van der Waals surface area (Å²) >= 11 is 0. The molecule has 0 aliphatic heterocycles. The average Bonchev–Trinajstić information content (AvgIpc) is 1.85. The quantitative estimate of drug-likeness (QED) is 0.572. The molecule has 0 rings (SSSR count). The molecule has 0 fully saturated rings. The maximum Gasteiger partial charge on any atom is -0.00399 e. The second-order valence-corrected chi connectivity index (χ2v) is 2.08. The van der Waals surface area contributed by atoms with Gasteiger partial charge >= 0.3 is 0 Å². The van der Waals surface area contributed by atoms with Crippen LogP contribution in [0.15, 0.2) is 23.8 Å². The fourth-order valence-electron chi connectivity index (χ4n) is 0.571. The van der Waals surface area contributed by atoms with Gasteiger partial charge in [-0.15, -0.1) is 0 Å². The van der Waals surface area contributed by atoms with Crippen LogP contribution in [0.2, 0.25) is 0 Å². The minimum absolute atomic E-state index is 0.750. The second-order valence-electron chi connectivity index (χ2n) is 2.08. The Bertz CT molecular complexity index is 112. The van der Waals surface area contributed by atoms with Gasteiger partial charge in [-0.1, -0.05) is 23.8 Å². The van der Waals surface area contributed by atoms with E-state index in [9.17, 15) is 0 Å². The number of nitrogens with two attached hydrogens (primary N) is 1. The summed E-state index contributed by atoms with van der Waals surface area (Å²) in [5.41, 5.74) is 6.68. The predicted molar refractivity (Wildman–Crippen MR) is 42.2 cm³/mol. The van der Waals surface area contributed by atoms with Gasteiger partial charge in [-0.05, 0) is 26.8 Å². The molecule has 1 heteroatoms. The van der Waals surface area contributed by atoms with Crippen LogP contribution < -0.4 is 5.73 Å². The molecule has 0 bridgehead atoms. The van der Waals surface area contributed by atoms with E-state index in [2.05, 4.69) is 13.0 Å². The summed E-state index contributed by atoms with van der Waals surface area (Å²) in [6, 6.07) is 0. The van der Waals surface area contributed by atoms with Crippen molar-refractivity contribution in [2.24, 2.45) is 5.73 Å². The first-order valence-corrected chi connectivity index (χ1v) is 3.29. The van der Waals surface area contributed by atoms with Crippen molar-refractivity contribution in [2.45, 2.75) is 20.3 Å². The molecule has 2 N–H and O–H groups in total. The standard InChI is InChI=1S/C8H15N/c1-3-4-5-8(2)6-7-9/h3-5H,6-7,9H2,1-2H3/b4-3-,8-5-. The molecule has 0 aromatic carbocycles. The topological polar surface area (TPSA) is 26.0 Å². The normalized spacial score (nSPS) is 13.0. The minimum atomic E-state index is 0.750. The van der Waals surface area contributed by atoms with Crippen molar-refractivity contribution in [2.75, 3.05) is 6.54 Å². The van der Waals surface area contributed by atoms with Crippen molar-refractivity contribution in [3.63, 3.8) is 0 Å². The molecule has 52 valence electrons. The molecule has 0 aromatic heterocycles. The van der Waals surface area contributed by atoms with Gasteiger partial charge < -0.3 is 5.73 Å². The molecule has 0 atom stereocenters. The van der Waals surface area contributed by atoms with E-state index in [1.54, 1.807) is 0 Å². The molecule has 0 aliphatic carbocycles. The molecule has 0 saturated carbocycles. The van der Waals surface area contributed by atoms with Crippen LogP contribution in [0.1, 0.15) is 20.3 Å². The summed E-state index contributed by atoms with van der Waals surface area (Å²) in [6.07, 6.45) is 7.14. The SMILES string of the molecule is C/C=C\C=C(\C)CCN. The van der Waals surface area contributed by atoms with Crippen molar-refractivity contribution in [3.05, 3.63) is 23.8 Å². The fraction of sp³-hybridized carbons (Fsp3) is 0.500. The van der Waals surface area contributed by atoms with Gasteiger partial charge in [-0.3, -0.25) is 0 Å². The van der Waals surface area contributed by atoms with Gasteiger partial charge in [-0.25, -0.2) is 0 Å². The van der Waals surface area contributed by atoms with Crippen LogP contribution in [0.4, 0.5) is 0 Å². The van der Waals surface area contributed by atoms with E-state index in [0.29, 0.717) is 0 Å². The van der Waals surface area contributed by atoms with Crippen LogP contribution in [0.25, 0.3) is 0 Å². The largest absolute Gasteiger partial charge is 0.330 e. The van der Waals surface area contributed by atoms with Crippen LogP contribution in [0.5, 0.6) is 0 Å². The van der Waals surface area contributed by atoms with Gasteiger partial charge in [0.2, 0.25) is 0 Å². The van der Waals surface area contributed by atoms with E-state index >= 15 is 0 Å². The van der Waals surface area contributed by atoms with Crippen LogP contribution in [-0.2, 0) is 0 Å². The van der Waals surface area contributed by atoms with Crippen molar-refractivity contribution >= 4 is 0 Å². The summed E-state index contributed by atoms with van der Waals surface area (Å²) in [5, 5.41) is 0. The van der Waals surface area contributed by atoms with Gasteiger partial charge in [0.05, 0.1) is 0 Å². The lowest BCUT2D eigenvalue weighted by atomic mass is 10.2. The maximum absolute atomic E-state index is 5.34. The van der Waals surface area contributed by atoms with Crippen LogP contribution in [-0.4, -0.2) is 6.54 Å². The third kappa shape index (κ3) is 5.31. The molecule has 0 saturated heterocycles. The minimum Gasteiger partial charge on any atom is -0.330 e. The molecule has 0 radical (unpaired) electrons. The molecule has 0 amide bonds. The second kappa shape index (κ2) is 5.57. The summed E-state index contributed by atoms with van der Waals surface area (Å²) in [6.45, 7) is 4.85. The van der Waals surface area contributed by atoms with Crippen LogP contribution >= 0.6 is 0 Å². The summed E-state index contributed by atoms with van der Waals surface area (Å²) in [5.74, 6) is 0. The highest BCUT2D eigenvalue weighted by atomic mass is 14.5. The highest BCUT2D eigenvalue weighted by Gasteiger charge is 1.81. The van der Waals surface area contributed by atoms with E-state index in [-0.39, 0.29) is 0 Å². The zero-order valence-electron chi connectivity index (χ0n) is 6.22. The van der Waals surface area contributed by atoms with E-state index in [0.717, 1.165) is 13.0 Å². The lowest BCUT2D eigenvalue weighted by Crippen LogP contribution is -1.97. The van der Waals surface area contributed by atoms with Gasteiger partial charge in [-0.2, -0.15) is 0 Å². The molecule has 0 spiro atoms. The monoisotopic (exact) mass is 125 g/mol. The highest BCUT2D eigenvalue weighted by Crippen LogP contribution is 1.96. The number of hydrogen-bond donors (Lipinski definition) is 1. The first kappa shape index (κ1) is 8.44. The lowest BCUT2D eigenvalue weighted by Gasteiger charge is -1.92. The summed E-state index contributed by atoms with van der Waals surface area (Å²) in [4.78, 5) is 0. The summed E-state index contributed by atoms with van der Waals surface area (Å²) < 4.78 is 0. The number of hydrogen-bond acceptors (Lipinski definition) is 1. The molecule has 9 heavy (non-hydrogen) atoms. The van der Waals surface area contributed by atoms with E-state index < -0.39 is 0 Å². The predicted octanol–water partition coefficient (Wildman–Crippen LogP) is 1.86. The lowest BCUT2D eigenvalue weighted by molar-refractivity contribution is 0.950. The van der Waals surface area contributed by atoms with Gasteiger partial charge in [0, 0.05) is 0 Å². The van der Waals surface area contributed by atoms with Gasteiger partial charge in [0.15, 0.2) is 0 Å². The van der Waals surface area contributed by atoms with Gasteiger partial charge in [0.1, 0.15) is 0 Å². The van der Waals surface area contributed by atoms with E-state index in [4.69, 9.17) is 5.73 Å². The Morgan fingerprint density at radius 1 is 1.56 bits per heavy atom. The third-order valence-electron chi connectivity index (χ3n) is 1.11. The number of allylic oxidation sites excluding steroid dienone is 3. The van der Waals surface area contributed by atoms with Gasteiger partial charge in [0.25, 0.3) is 0 Å². The molecular weight excluding hydrogens is 110 g/mol. The van der Waals surface area contributed by atoms with E-state index in [1.807, 2.05) is 19.1 Å². The molecule has 1 nitrogen and oxygen atoms in total.